The minimum absolute atomic E-state index is 0.0994. The Morgan fingerprint density at radius 1 is 1.29 bits per heavy atom. The van der Waals surface area contributed by atoms with E-state index in [0.717, 1.165) is 18.7 Å². The number of nitrogens with zero attached hydrogens (tertiary/aromatic N) is 1. The summed E-state index contributed by atoms with van der Waals surface area (Å²) in [5, 5.41) is 3.27. The summed E-state index contributed by atoms with van der Waals surface area (Å²) in [7, 11) is 0. The molecule has 2 N–H and O–H groups in total. The van der Waals surface area contributed by atoms with Crippen LogP contribution < -0.4 is 10.7 Å². The van der Waals surface area contributed by atoms with Crippen molar-refractivity contribution in [2.45, 2.75) is 6.42 Å². The number of rotatable bonds is 2. The Kier molecular flexibility index (Phi) is 2.33. The molecular weight excluding hydrogens is 214 g/mol. The van der Waals surface area contributed by atoms with Gasteiger partial charge in [-0.15, -0.1) is 0 Å². The highest BCUT2D eigenvalue weighted by Crippen LogP contribution is 2.23. The number of carbonyl (C=O) groups excluding carboxylic acids is 1. The predicted molar refractivity (Wildman–Crippen MR) is 66.8 cm³/mol. The minimum Gasteiger partial charge on any atom is -0.384 e. The van der Waals surface area contributed by atoms with Gasteiger partial charge in [0.1, 0.15) is 0 Å². The van der Waals surface area contributed by atoms with E-state index in [9.17, 15) is 4.79 Å². The van der Waals surface area contributed by atoms with Crippen molar-refractivity contribution in [2.24, 2.45) is 0 Å². The zero-order chi connectivity index (χ0) is 11.7. The normalized spacial score (nSPS) is 12.9. The molecule has 1 aliphatic heterocycles. The number of carbonyl (C=O) groups is 1. The van der Waals surface area contributed by atoms with Crippen LogP contribution in [0.5, 0.6) is 0 Å². The molecule has 2 aromatic rings. The number of nitrogens with one attached hydrogen (secondary N) is 2. The van der Waals surface area contributed by atoms with Gasteiger partial charge in [0, 0.05) is 30.2 Å². The maximum Gasteiger partial charge on any atom is 0.270 e. The van der Waals surface area contributed by atoms with Crippen LogP contribution in [0.1, 0.15) is 15.9 Å². The Labute approximate surface area is 99.2 Å². The van der Waals surface area contributed by atoms with E-state index in [0.29, 0.717) is 5.56 Å². The SMILES string of the molecule is O=C(Nn1cccc1)c1ccc2c(c1)NCC2. The van der Waals surface area contributed by atoms with Crippen molar-refractivity contribution in [3.05, 3.63) is 53.9 Å². The van der Waals surface area contributed by atoms with Crippen molar-refractivity contribution < 1.29 is 4.79 Å². The molecular formula is C13H13N3O. The van der Waals surface area contributed by atoms with Gasteiger partial charge in [-0.3, -0.25) is 14.9 Å². The Morgan fingerprint density at radius 3 is 2.94 bits per heavy atom. The molecule has 0 saturated carbocycles. The lowest BCUT2D eigenvalue weighted by atomic mass is 10.1. The molecule has 2 heterocycles. The molecule has 4 heteroatoms. The highest BCUT2D eigenvalue weighted by atomic mass is 16.2. The first kappa shape index (κ1) is 9.96. The summed E-state index contributed by atoms with van der Waals surface area (Å²) in [5.74, 6) is -0.0994. The first-order valence-electron chi connectivity index (χ1n) is 5.64. The maximum atomic E-state index is 12.0. The number of hydrogen-bond donors (Lipinski definition) is 2. The van der Waals surface area contributed by atoms with Gasteiger partial charge in [0.25, 0.3) is 5.91 Å². The summed E-state index contributed by atoms with van der Waals surface area (Å²) in [6.07, 6.45) is 4.63. The van der Waals surface area contributed by atoms with Gasteiger partial charge in [-0.05, 0) is 36.2 Å². The van der Waals surface area contributed by atoms with E-state index in [1.54, 1.807) is 17.1 Å². The summed E-state index contributed by atoms with van der Waals surface area (Å²) in [5.41, 5.74) is 5.81. The third-order valence-electron chi connectivity index (χ3n) is 2.92. The summed E-state index contributed by atoms with van der Waals surface area (Å²) >= 11 is 0. The van der Waals surface area contributed by atoms with Gasteiger partial charge in [0.15, 0.2) is 0 Å². The Hall–Kier alpha value is -2.23. The van der Waals surface area contributed by atoms with Crippen molar-refractivity contribution in [1.29, 1.82) is 0 Å². The fourth-order valence-corrected chi connectivity index (χ4v) is 2.02. The van der Waals surface area contributed by atoms with Crippen LogP contribution in [0.3, 0.4) is 0 Å². The van der Waals surface area contributed by atoms with Crippen LogP contribution >= 0.6 is 0 Å². The van der Waals surface area contributed by atoms with Gasteiger partial charge < -0.3 is 5.32 Å². The predicted octanol–water partition coefficient (Wildman–Crippen LogP) is 1.84. The van der Waals surface area contributed by atoms with Crippen molar-refractivity contribution >= 4 is 11.6 Å². The third-order valence-corrected chi connectivity index (χ3v) is 2.92. The van der Waals surface area contributed by atoms with Gasteiger partial charge in [-0.2, -0.15) is 0 Å². The standard InChI is InChI=1S/C13H13N3O/c17-13(15-16-7-1-2-8-16)11-4-3-10-5-6-14-12(10)9-11/h1-4,7-9,14H,5-6H2,(H,15,17). The molecule has 0 spiro atoms. The molecule has 1 aliphatic rings. The molecule has 0 bridgehead atoms. The van der Waals surface area contributed by atoms with Crippen LogP contribution in [0, 0.1) is 0 Å². The molecule has 86 valence electrons. The van der Waals surface area contributed by atoms with E-state index in [2.05, 4.69) is 10.7 Å². The molecule has 0 radical (unpaired) electrons. The van der Waals surface area contributed by atoms with Crippen LogP contribution in [0.25, 0.3) is 0 Å². The van der Waals surface area contributed by atoms with E-state index >= 15 is 0 Å². The fourth-order valence-electron chi connectivity index (χ4n) is 2.02. The first-order valence-corrected chi connectivity index (χ1v) is 5.64. The lowest BCUT2D eigenvalue weighted by molar-refractivity contribution is 0.101. The zero-order valence-corrected chi connectivity index (χ0v) is 9.31. The van der Waals surface area contributed by atoms with Gasteiger partial charge in [0.2, 0.25) is 0 Å². The number of anilines is 1. The van der Waals surface area contributed by atoms with E-state index in [-0.39, 0.29) is 5.91 Å². The number of aromatic nitrogens is 1. The maximum absolute atomic E-state index is 12.0. The van der Waals surface area contributed by atoms with Crippen LogP contribution in [-0.4, -0.2) is 17.1 Å². The molecule has 0 atom stereocenters. The lowest BCUT2D eigenvalue weighted by Gasteiger charge is -2.07. The zero-order valence-electron chi connectivity index (χ0n) is 9.31. The molecule has 4 nitrogen and oxygen atoms in total. The molecule has 1 aromatic carbocycles. The lowest BCUT2D eigenvalue weighted by Crippen LogP contribution is -2.21. The summed E-state index contributed by atoms with van der Waals surface area (Å²) < 4.78 is 1.64. The summed E-state index contributed by atoms with van der Waals surface area (Å²) in [6, 6.07) is 9.51. The first-order chi connectivity index (χ1) is 8.33. The van der Waals surface area contributed by atoms with Crippen LogP contribution in [0.2, 0.25) is 0 Å². The van der Waals surface area contributed by atoms with Crippen molar-refractivity contribution in [3.8, 4) is 0 Å². The number of fused-ring (bicyclic) bond motifs is 1. The number of benzene rings is 1. The van der Waals surface area contributed by atoms with Crippen molar-refractivity contribution in [3.63, 3.8) is 0 Å². The van der Waals surface area contributed by atoms with Gasteiger partial charge in [-0.1, -0.05) is 6.07 Å². The van der Waals surface area contributed by atoms with E-state index in [1.807, 2.05) is 30.3 Å². The number of amides is 1. The van der Waals surface area contributed by atoms with E-state index in [4.69, 9.17) is 0 Å². The van der Waals surface area contributed by atoms with E-state index in [1.165, 1.54) is 5.56 Å². The second-order valence-electron chi connectivity index (χ2n) is 4.08. The monoisotopic (exact) mass is 227 g/mol. The van der Waals surface area contributed by atoms with Crippen molar-refractivity contribution in [2.75, 3.05) is 17.3 Å². The second-order valence-corrected chi connectivity index (χ2v) is 4.08. The number of hydrogen-bond acceptors (Lipinski definition) is 2. The summed E-state index contributed by atoms with van der Waals surface area (Å²) in [4.78, 5) is 12.0. The van der Waals surface area contributed by atoms with E-state index < -0.39 is 0 Å². The Balaban J connectivity index is 1.82. The highest BCUT2D eigenvalue weighted by molar-refractivity contribution is 6.00. The van der Waals surface area contributed by atoms with Gasteiger partial charge in [0.05, 0.1) is 0 Å². The molecule has 0 unspecified atom stereocenters. The summed E-state index contributed by atoms with van der Waals surface area (Å²) in [6.45, 7) is 0.956. The molecule has 0 fully saturated rings. The average molecular weight is 227 g/mol. The molecule has 1 aromatic heterocycles. The molecule has 1 amide bonds. The van der Waals surface area contributed by atoms with Crippen LogP contribution in [0.15, 0.2) is 42.7 Å². The smallest absolute Gasteiger partial charge is 0.270 e. The molecule has 17 heavy (non-hydrogen) atoms. The largest absolute Gasteiger partial charge is 0.384 e. The van der Waals surface area contributed by atoms with Crippen LogP contribution in [0.4, 0.5) is 5.69 Å². The van der Waals surface area contributed by atoms with Gasteiger partial charge >= 0.3 is 0 Å². The van der Waals surface area contributed by atoms with Gasteiger partial charge in [-0.25, -0.2) is 0 Å². The topological polar surface area (TPSA) is 46.1 Å². The average Bonchev–Trinajstić information content (AvgIpc) is 2.97. The quantitative estimate of drug-likeness (QED) is 0.822. The third kappa shape index (κ3) is 1.89. The minimum atomic E-state index is -0.0994. The highest BCUT2D eigenvalue weighted by Gasteiger charge is 2.13. The Bertz CT molecular complexity index is 546. The second kappa shape index (κ2) is 3.97. The van der Waals surface area contributed by atoms with Crippen LogP contribution in [-0.2, 0) is 6.42 Å². The molecule has 0 aliphatic carbocycles. The Morgan fingerprint density at radius 2 is 2.12 bits per heavy atom. The molecule has 0 saturated heterocycles. The fraction of sp³-hybridized carbons (Fsp3) is 0.154. The molecule has 3 rings (SSSR count). The van der Waals surface area contributed by atoms with Crippen molar-refractivity contribution in [1.82, 2.24) is 4.68 Å².